The molecule has 7 heteroatoms. The molecule has 7 nitrogen and oxygen atoms in total. The van der Waals surface area contributed by atoms with Gasteiger partial charge in [-0.15, -0.1) is 0 Å². The number of amides is 1. The highest BCUT2D eigenvalue weighted by atomic mass is 16.5. The van der Waals surface area contributed by atoms with E-state index in [2.05, 4.69) is 22.0 Å². The number of nitrogens with zero attached hydrogens (tertiary/aromatic N) is 3. The van der Waals surface area contributed by atoms with Crippen molar-refractivity contribution in [3.8, 4) is 5.88 Å². The number of aliphatic hydroxyl groups is 1. The molecule has 0 aliphatic carbocycles. The molecule has 4 atom stereocenters. The highest BCUT2D eigenvalue weighted by Crippen LogP contribution is 2.33. The summed E-state index contributed by atoms with van der Waals surface area (Å²) >= 11 is 0. The number of aromatic nitrogens is 1. The summed E-state index contributed by atoms with van der Waals surface area (Å²) in [5, 5.41) is 9.43. The predicted octanol–water partition coefficient (Wildman–Crippen LogP) is 2.55. The van der Waals surface area contributed by atoms with Crippen molar-refractivity contribution >= 4 is 5.91 Å². The van der Waals surface area contributed by atoms with E-state index in [1.165, 1.54) is 5.56 Å². The number of ether oxygens (including phenoxy) is 1. The number of rotatable bonds is 8. The molecule has 2 fully saturated rings. The minimum atomic E-state index is -0.564. The van der Waals surface area contributed by atoms with Crippen LogP contribution in [0.4, 0.5) is 0 Å². The van der Waals surface area contributed by atoms with E-state index in [1.54, 1.807) is 13.0 Å². The summed E-state index contributed by atoms with van der Waals surface area (Å²) in [5.41, 5.74) is 9.78. The fourth-order valence-corrected chi connectivity index (χ4v) is 5.18. The number of benzene rings is 1. The molecule has 2 aliphatic heterocycles. The van der Waals surface area contributed by atoms with Gasteiger partial charge in [0.15, 0.2) is 0 Å². The van der Waals surface area contributed by atoms with Gasteiger partial charge in [-0.1, -0.05) is 30.3 Å². The zero-order valence-corrected chi connectivity index (χ0v) is 19.9. The zero-order chi connectivity index (χ0) is 23.5. The number of nitrogens with two attached hydrogens (primary N) is 1. The van der Waals surface area contributed by atoms with Crippen molar-refractivity contribution in [2.45, 2.75) is 39.3 Å². The van der Waals surface area contributed by atoms with Crippen LogP contribution in [-0.4, -0.2) is 71.2 Å². The summed E-state index contributed by atoms with van der Waals surface area (Å²) in [5.74, 6) is 1.55. The van der Waals surface area contributed by atoms with E-state index < -0.39 is 6.10 Å². The molecule has 33 heavy (non-hydrogen) atoms. The first-order valence-electron chi connectivity index (χ1n) is 11.9. The van der Waals surface area contributed by atoms with Gasteiger partial charge in [-0.2, -0.15) is 0 Å². The second kappa shape index (κ2) is 10.2. The lowest BCUT2D eigenvalue weighted by atomic mass is 10.0. The second-order valence-electron chi connectivity index (χ2n) is 9.69. The van der Waals surface area contributed by atoms with Crippen LogP contribution in [0, 0.1) is 25.7 Å². The van der Waals surface area contributed by atoms with Gasteiger partial charge in [0, 0.05) is 38.3 Å². The average molecular weight is 453 g/mol. The minimum absolute atomic E-state index is 0.0617. The van der Waals surface area contributed by atoms with Gasteiger partial charge in [-0.05, 0) is 56.7 Å². The Hall–Kier alpha value is -2.48. The molecule has 2 saturated heterocycles. The summed E-state index contributed by atoms with van der Waals surface area (Å²) in [7, 11) is 0. The van der Waals surface area contributed by atoms with E-state index in [0.717, 1.165) is 44.7 Å². The first kappa shape index (κ1) is 23.7. The van der Waals surface area contributed by atoms with Gasteiger partial charge < -0.3 is 25.4 Å². The van der Waals surface area contributed by atoms with E-state index in [9.17, 15) is 9.90 Å². The average Bonchev–Trinajstić information content (AvgIpc) is 3.35. The van der Waals surface area contributed by atoms with Crippen LogP contribution >= 0.6 is 0 Å². The number of hydrogen-bond acceptors (Lipinski definition) is 6. The van der Waals surface area contributed by atoms with Crippen molar-refractivity contribution in [1.82, 2.24) is 14.8 Å². The highest BCUT2D eigenvalue weighted by Gasteiger charge is 2.42. The van der Waals surface area contributed by atoms with Crippen LogP contribution in [0.1, 0.15) is 46.6 Å². The molecule has 1 aromatic carbocycles. The molecule has 2 aliphatic rings. The van der Waals surface area contributed by atoms with Gasteiger partial charge in [0.05, 0.1) is 17.4 Å². The third kappa shape index (κ3) is 5.54. The van der Waals surface area contributed by atoms with Gasteiger partial charge in [0.1, 0.15) is 6.61 Å². The first-order valence-corrected chi connectivity index (χ1v) is 11.9. The molecule has 178 valence electrons. The Morgan fingerprint density at radius 2 is 1.85 bits per heavy atom. The molecule has 0 bridgehead atoms. The maximum Gasteiger partial charge on any atom is 0.255 e. The lowest BCUT2D eigenvalue weighted by molar-refractivity contribution is 0.0771. The third-order valence-electron chi connectivity index (χ3n) is 6.89. The topological polar surface area (TPSA) is 91.9 Å². The first-order chi connectivity index (χ1) is 15.8. The standard InChI is InChI=1S/C26H36N4O3/c1-17-11-24(33-16-18(2)31)28-19(3)25(17)26(32)30-14-21-12-29(13-22(21)15-30)10-9-23(27)20-7-5-4-6-8-20/h4-8,11,18,21-23,31H,9-10,12-16,27H2,1-3H3/t18?,21?,22?,23-/m0/s1. The second-order valence-corrected chi connectivity index (χ2v) is 9.69. The highest BCUT2D eigenvalue weighted by molar-refractivity contribution is 5.97. The van der Waals surface area contributed by atoms with Crippen molar-refractivity contribution in [1.29, 1.82) is 0 Å². The summed E-state index contributed by atoms with van der Waals surface area (Å²) in [4.78, 5) is 22.3. The van der Waals surface area contributed by atoms with Crippen LogP contribution in [-0.2, 0) is 0 Å². The van der Waals surface area contributed by atoms with Crippen molar-refractivity contribution in [2.75, 3.05) is 39.3 Å². The molecule has 4 rings (SSSR count). The molecule has 1 aromatic heterocycles. The molecular formula is C26H36N4O3. The summed E-state index contributed by atoms with van der Waals surface area (Å²) in [6, 6.07) is 12.1. The quantitative estimate of drug-likeness (QED) is 0.640. The number of aliphatic hydroxyl groups excluding tert-OH is 1. The lowest BCUT2D eigenvalue weighted by Crippen LogP contribution is -2.35. The predicted molar refractivity (Wildman–Crippen MR) is 128 cm³/mol. The molecule has 2 aromatic rings. The van der Waals surface area contributed by atoms with E-state index in [4.69, 9.17) is 10.5 Å². The van der Waals surface area contributed by atoms with Crippen LogP contribution < -0.4 is 10.5 Å². The summed E-state index contributed by atoms with van der Waals surface area (Å²) < 4.78 is 5.53. The Balaban J connectivity index is 1.31. The van der Waals surface area contributed by atoms with Gasteiger partial charge in [0.2, 0.25) is 5.88 Å². The number of likely N-dealkylation sites (tertiary alicyclic amines) is 2. The smallest absolute Gasteiger partial charge is 0.255 e. The molecule has 3 N–H and O–H groups in total. The molecule has 3 heterocycles. The third-order valence-corrected chi connectivity index (χ3v) is 6.89. The zero-order valence-electron chi connectivity index (χ0n) is 19.9. The lowest BCUT2D eigenvalue weighted by Gasteiger charge is -2.24. The van der Waals surface area contributed by atoms with Gasteiger partial charge >= 0.3 is 0 Å². The number of aryl methyl sites for hydroxylation is 2. The van der Waals surface area contributed by atoms with Gasteiger partial charge in [-0.25, -0.2) is 4.98 Å². The van der Waals surface area contributed by atoms with Crippen molar-refractivity contribution in [2.24, 2.45) is 17.6 Å². The molecule has 3 unspecified atom stereocenters. The maximum atomic E-state index is 13.3. The molecular weight excluding hydrogens is 416 g/mol. The van der Waals surface area contributed by atoms with E-state index in [0.29, 0.717) is 29.0 Å². The summed E-state index contributed by atoms with van der Waals surface area (Å²) in [6.45, 7) is 10.3. The molecule has 0 spiro atoms. The fraction of sp³-hybridized carbons (Fsp3) is 0.538. The van der Waals surface area contributed by atoms with Crippen LogP contribution in [0.3, 0.4) is 0 Å². The Bertz CT molecular complexity index is 928. The number of fused-ring (bicyclic) bond motifs is 1. The fourth-order valence-electron chi connectivity index (χ4n) is 5.18. The number of hydrogen-bond donors (Lipinski definition) is 2. The number of pyridine rings is 1. The van der Waals surface area contributed by atoms with Crippen molar-refractivity contribution < 1.29 is 14.6 Å². The monoisotopic (exact) mass is 452 g/mol. The van der Waals surface area contributed by atoms with Crippen LogP contribution in [0.5, 0.6) is 5.88 Å². The molecule has 0 saturated carbocycles. The van der Waals surface area contributed by atoms with Gasteiger partial charge in [-0.3, -0.25) is 4.79 Å². The van der Waals surface area contributed by atoms with Crippen LogP contribution in [0.25, 0.3) is 0 Å². The molecule has 1 amide bonds. The Labute approximate surface area is 196 Å². The van der Waals surface area contributed by atoms with Crippen LogP contribution in [0.15, 0.2) is 36.4 Å². The van der Waals surface area contributed by atoms with E-state index in [-0.39, 0.29) is 18.6 Å². The van der Waals surface area contributed by atoms with Gasteiger partial charge in [0.25, 0.3) is 5.91 Å². The maximum absolute atomic E-state index is 13.3. The van der Waals surface area contributed by atoms with Crippen molar-refractivity contribution in [3.05, 3.63) is 58.8 Å². The SMILES string of the molecule is Cc1cc(OCC(C)O)nc(C)c1C(=O)N1CC2CN(CC[C@H](N)c3ccccc3)CC2C1. The molecule has 0 radical (unpaired) electrons. The Morgan fingerprint density at radius 1 is 1.18 bits per heavy atom. The number of carbonyl (C=O) groups is 1. The van der Waals surface area contributed by atoms with Crippen LogP contribution in [0.2, 0.25) is 0 Å². The Kier molecular flexibility index (Phi) is 7.32. The number of carbonyl (C=O) groups excluding carboxylic acids is 1. The Morgan fingerprint density at radius 3 is 2.45 bits per heavy atom. The van der Waals surface area contributed by atoms with E-state index in [1.807, 2.05) is 36.9 Å². The minimum Gasteiger partial charge on any atom is -0.475 e. The summed E-state index contributed by atoms with van der Waals surface area (Å²) in [6.07, 6.45) is 0.381. The largest absolute Gasteiger partial charge is 0.475 e. The normalized spacial score (nSPS) is 22.3. The van der Waals surface area contributed by atoms with Crippen molar-refractivity contribution in [3.63, 3.8) is 0 Å². The van der Waals surface area contributed by atoms with E-state index >= 15 is 0 Å².